The molecule has 0 spiro atoms. The van der Waals surface area contributed by atoms with Crippen LogP contribution in [0.5, 0.6) is 0 Å². The van der Waals surface area contributed by atoms with Gasteiger partial charge in [0.05, 0.1) is 11.4 Å². The summed E-state index contributed by atoms with van der Waals surface area (Å²) in [5, 5.41) is 0.734. The standard InChI is InChI=1S/C16H18ClNOS/c1-3-14-8-9-16(20-14)15(19)11-18(2)10-12-4-6-13(17)7-5-12/h4-9H,3,10-11H2,1-2H3. The fraction of sp³-hybridized carbons (Fsp3) is 0.312. The highest BCUT2D eigenvalue weighted by molar-refractivity contribution is 7.14. The molecule has 20 heavy (non-hydrogen) atoms. The van der Waals surface area contributed by atoms with Crippen LogP contribution in [-0.4, -0.2) is 24.3 Å². The molecule has 2 aromatic rings. The van der Waals surface area contributed by atoms with Gasteiger partial charge in [0.2, 0.25) is 0 Å². The molecule has 0 N–H and O–H groups in total. The Bertz CT molecular complexity index is 576. The average molecular weight is 308 g/mol. The maximum Gasteiger partial charge on any atom is 0.186 e. The van der Waals surface area contributed by atoms with Crippen LogP contribution in [0.1, 0.15) is 27.0 Å². The van der Waals surface area contributed by atoms with Crippen LogP contribution < -0.4 is 0 Å². The topological polar surface area (TPSA) is 20.3 Å². The van der Waals surface area contributed by atoms with Gasteiger partial charge in [-0.25, -0.2) is 0 Å². The number of thiophene rings is 1. The summed E-state index contributed by atoms with van der Waals surface area (Å²) in [6.45, 7) is 3.29. The predicted octanol–water partition coefficient (Wildman–Crippen LogP) is 4.28. The summed E-state index contributed by atoms with van der Waals surface area (Å²) in [6.07, 6.45) is 0.985. The molecule has 0 saturated heterocycles. The molecule has 0 amide bonds. The minimum Gasteiger partial charge on any atom is -0.295 e. The third-order valence-corrected chi connectivity index (χ3v) is 4.59. The van der Waals surface area contributed by atoms with E-state index in [0.717, 1.165) is 28.4 Å². The van der Waals surface area contributed by atoms with Gasteiger partial charge in [-0.05, 0) is 43.3 Å². The van der Waals surface area contributed by atoms with Crippen molar-refractivity contribution in [1.82, 2.24) is 4.90 Å². The molecule has 0 fully saturated rings. The number of carbonyl (C=O) groups excluding carboxylic acids is 1. The maximum atomic E-state index is 12.2. The number of rotatable bonds is 6. The highest BCUT2D eigenvalue weighted by Gasteiger charge is 2.12. The van der Waals surface area contributed by atoms with E-state index < -0.39 is 0 Å². The molecule has 2 nitrogen and oxygen atoms in total. The number of carbonyl (C=O) groups is 1. The van der Waals surface area contributed by atoms with Crippen molar-refractivity contribution in [2.24, 2.45) is 0 Å². The first-order valence-electron chi connectivity index (χ1n) is 6.63. The second kappa shape index (κ2) is 7.02. The molecule has 4 heteroatoms. The first-order chi connectivity index (χ1) is 9.58. The Hall–Kier alpha value is -1.16. The summed E-state index contributed by atoms with van der Waals surface area (Å²) in [4.78, 5) is 16.3. The second-order valence-electron chi connectivity index (χ2n) is 4.84. The largest absolute Gasteiger partial charge is 0.295 e. The zero-order valence-corrected chi connectivity index (χ0v) is 13.3. The normalized spacial score (nSPS) is 11.0. The van der Waals surface area contributed by atoms with E-state index >= 15 is 0 Å². The van der Waals surface area contributed by atoms with E-state index in [-0.39, 0.29) is 5.78 Å². The zero-order valence-electron chi connectivity index (χ0n) is 11.7. The molecular formula is C16H18ClNOS. The fourth-order valence-corrected chi connectivity index (χ4v) is 3.00. The summed E-state index contributed by atoms with van der Waals surface area (Å²) in [5.41, 5.74) is 1.16. The van der Waals surface area contributed by atoms with Gasteiger partial charge in [-0.1, -0.05) is 30.7 Å². The molecule has 1 aromatic carbocycles. The van der Waals surface area contributed by atoms with E-state index in [4.69, 9.17) is 11.6 Å². The van der Waals surface area contributed by atoms with Gasteiger partial charge >= 0.3 is 0 Å². The highest BCUT2D eigenvalue weighted by Crippen LogP contribution is 2.18. The lowest BCUT2D eigenvalue weighted by Gasteiger charge is -2.15. The van der Waals surface area contributed by atoms with Crippen LogP contribution in [0.4, 0.5) is 0 Å². The van der Waals surface area contributed by atoms with Crippen molar-refractivity contribution in [3.8, 4) is 0 Å². The Labute approximate surface area is 129 Å². The molecule has 0 aliphatic carbocycles. The van der Waals surface area contributed by atoms with Gasteiger partial charge in [-0.3, -0.25) is 9.69 Å². The number of aryl methyl sites for hydroxylation is 1. The van der Waals surface area contributed by atoms with Crippen LogP contribution in [-0.2, 0) is 13.0 Å². The Morgan fingerprint density at radius 1 is 1.20 bits per heavy atom. The SMILES string of the molecule is CCc1ccc(C(=O)CN(C)Cc2ccc(Cl)cc2)s1. The monoisotopic (exact) mass is 307 g/mol. The lowest BCUT2D eigenvalue weighted by Crippen LogP contribution is -2.25. The molecule has 2 rings (SSSR count). The average Bonchev–Trinajstić information content (AvgIpc) is 2.90. The van der Waals surface area contributed by atoms with Crippen molar-refractivity contribution in [2.45, 2.75) is 19.9 Å². The van der Waals surface area contributed by atoms with Gasteiger partial charge in [-0.15, -0.1) is 11.3 Å². The molecule has 1 aromatic heterocycles. The molecule has 0 saturated carbocycles. The fourth-order valence-electron chi connectivity index (χ4n) is 2.00. The number of likely N-dealkylation sites (N-methyl/N-ethyl adjacent to an activating group) is 1. The zero-order chi connectivity index (χ0) is 14.5. The van der Waals surface area contributed by atoms with Crippen LogP contribution >= 0.6 is 22.9 Å². The van der Waals surface area contributed by atoms with E-state index in [0.29, 0.717) is 6.54 Å². The Morgan fingerprint density at radius 3 is 2.50 bits per heavy atom. The summed E-state index contributed by atoms with van der Waals surface area (Å²) in [5.74, 6) is 0.186. The van der Waals surface area contributed by atoms with Crippen molar-refractivity contribution >= 4 is 28.7 Å². The smallest absolute Gasteiger partial charge is 0.186 e. The summed E-state index contributed by atoms with van der Waals surface area (Å²) in [7, 11) is 1.96. The predicted molar refractivity (Wildman–Crippen MR) is 85.8 cm³/mol. The molecular weight excluding hydrogens is 290 g/mol. The number of ketones is 1. The van der Waals surface area contributed by atoms with Gasteiger partial charge in [0.15, 0.2) is 5.78 Å². The summed E-state index contributed by atoms with van der Waals surface area (Å²) < 4.78 is 0. The molecule has 0 bridgehead atoms. The second-order valence-corrected chi connectivity index (χ2v) is 6.45. The molecule has 0 radical (unpaired) electrons. The number of hydrogen-bond donors (Lipinski definition) is 0. The number of benzene rings is 1. The number of halogens is 1. The summed E-state index contributed by atoms with van der Waals surface area (Å²) in [6, 6.07) is 11.7. The van der Waals surface area contributed by atoms with Gasteiger partial charge in [-0.2, -0.15) is 0 Å². The van der Waals surface area contributed by atoms with E-state index in [1.165, 1.54) is 4.88 Å². The first kappa shape index (κ1) is 15.2. The molecule has 0 unspecified atom stereocenters. The lowest BCUT2D eigenvalue weighted by atomic mass is 10.2. The number of nitrogens with zero attached hydrogens (tertiary/aromatic N) is 1. The highest BCUT2D eigenvalue weighted by atomic mass is 35.5. The van der Waals surface area contributed by atoms with Crippen LogP contribution in [0, 0.1) is 0 Å². The van der Waals surface area contributed by atoms with E-state index in [9.17, 15) is 4.79 Å². The quantitative estimate of drug-likeness (QED) is 0.742. The van der Waals surface area contributed by atoms with Crippen LogP contribution in [0.2, 0.25) is 5.02 Å². The molecule has 0 atom stereocenters. The maximum absolute atomic E-state index is 12.2. The molecule has 106 valence electrons. The minimum atomic E-state index is 0.186. The van der Waals surface area contributed by atoms with E-state index in [2.05, 4.69) is 6.92 Å². The number of Topliss-reactive ketones (excluding diaryl/α,β-unsaturated/α-hetero) is 1. The van der Waals surface area contributed by atoms with Gasteiger partial charge < -0.3 is 0 Å². The Balaban J connectivity index is 1.92. The Morgan fingerprint density at radius 2 is 1.90 bits per heavy atom. The molecule has 0 aliphatic heterocycles. The van der Waals surface area contributed by atoms with E-state index in [1.54, 1.807) is 11.3 Å². The number of hydrogen-bond acceptors (Lipinski definition) is 3. The third kappa shape index (κ3) is 4.17. The minimum absolute atomic E-state index is 0.186. The Kier molecular flexibility index (Phi) is 5.35. The van der Waals surface area contributed by atoms with Crippen LogP contribution in [0.3, 0.4) is 0 Å². The first-order valence-corrected chi connectivity index (χ1v) is 7.83. The van der Waals surface area contributed by atoms with Crippen LogP contribution in [0.15, 0.2) is 36.4 Å². The molecule has 1 heterocycles. The summed E-state index contributed by atoms with van der Waals surface area (Å²) >= 11 is 7.46. The van der Waals surface area contributed by atoms with Gasteiger partial charge in [0.25, 0.3) is 0 Å². The van der Waals surface area contributed by atoms with E-state index in [1.807, 2.05) is 48.3 Å². The van der Waals surface area contributed by atoms with Crippen molar-refractivity contribution in [1.29, 1.82) is 0 Å². The lowest BCUT2D eigenvalue weighted by molar-refractivity contribution is 0.0947. The van der Waals surface area contributed by atoms with Crippen molar-refractivity contribution in [2.75, 3.05) is 13.6 Å². The third-order valence-electron chi connectivity index (χ3n) is 3.06. The van der Waals surface area contributed by atoms with Crippen molar-refractivity contribution in [3.63, 3.8) is 0 Å². The van der Waals surface area contributed by atoms with Gasteiger partial charge in [0.1, 0.15) is 0 Å². The molecule has 0 aliphatic rings. The van der Waals surface area contributed by atoms with Crippen molar-refractivity contribution in [3.05, 3.63) is 56.7 Å². The van der Waals surface area contributed by atoms with Gasteiger partial charge in [0, 0.05) is 16.4 Å². The van der Waals surface area contributed by atoms with Crippen molar-refractivity contribution < 1.29 is 4.79 Å². The van der Waals surface area contributed by atoms with Crippen LogP contribution in [0.25, 0.3) is 0 Å².